The highest BCUT2D eigenvalue weighted by Crippen LogP contribution is 2.34. The van der Waals surface area contributed by atoms with Gasteiger partial charge < -0.3 is 10.2 Å². The van der Waals surface area contributed by atoms with Crippen molar-refractivity contribution in [1.29, 1.82) is 0 Å². The van der Waals surface area contributed by atoms with Crippen LogP contribution in [0, 0.1) is 0 Å². The smallest absolute Gasteiger partial charge is 0.186 e. The summed E-state index contributed by atoms with van der Waals surface area (Å²) < 4.78 is 0. The highest BCUT2D eigenvalue weighted by Gasteiger charge is 2.17. The standard InChI is InChI=1S/C14H10O2.C10H6O2/c15-13-5-6-14(16)12-8-10-4-2-1-3-9(10)7-11(12)13;11-9-5-6-10(12)8-4-2-1-3-7(8)9/h1-8,15-16H;1-6H. The average molecular weight is 368 g/mol. The molecule has 1 aliphatic carbocycles. The second kappa shape index (κ2) is 7.00. The van der Waals surface area contributed by atoms with Crippen LogP contribution in [0.2, 0.25) is 0 Å². The highest BCUT2D eigenvalue weighted by molar-refractivity contribution is 6.21. The molecular formula is C24H16O4. The quantitative estimate of drug-likeness (QED) is 0.337. The number of phenols is 2. The molecule has 0 aromatic heterocycles. The van der Waals surface area contributed by atoms with E-state index in [0.29, 0.717) is 21.9 Å². The summed E-state index contributed by atoms with van der Waals surface area (Å²) >= 11 is 0. The third-order valence-electron chi connectivity index (χ3n) is 4.68. The summed E-state index contributed by atoms with van der Waals surface area (Å²) in [6.45, 7) is 0. The number of carbonyl (C=O) groups is 2. The number of hydrogen-bond acceptors (Lipinski definition) is 4. The molecular weight excluding hydrogens is 352 g/mol. The average Bonchev–Trinajstić information content (AvgIpc) is 2.73. The van der Waals surface area contributed by atoms with Gasteiger partial charge in [0.15, 0.2) is 11.6 Å². The Kier molecular flexibility index (Phi) is 4.38. The van der Waals surface area contributed by atoms with Crippen molar-refractivity contribution in [1.82, 2.24) is 0 Å². The van der Waals surface area contributed by atoms with E-state index in [1.165, 1.54) is 24.3 Å². The van der Waals surface area contributed by atoms with Gasteiger partial charge in [-0.15, -0.1) is 0 Å². The molecule has 136 valence electrons. The van der Waals surface area contributed by atoms with Crippen LogP contribution in [-0.2, 0) is 0 Å². The first-order chi connectivity index (χ1) is 13.5. The fourth-order valence-electron chi connectivity index (χ4n) is 3.25. The second-order valence-electron chi connectivity index (χ2n) is 6.46. The third kappa shape index (κ3) is 3.12. The fourth-order valence-corrected chi connectivity index (χ4v) is 3.25. The first-order valence-corrected chi connectivity index (χ1v) is 8.74. The zero-order valence-electron chi connectivity index (χ0n) is 14.8. The number of hydrogen-bond donors (Lipinski definition) is 2. The van der Waals surface area contributed by atoms with E-state index in [1.807, 2.05) is 36.4 Å². The molecule has 0 radical (unpaired) electrons. The number of benzene rings is 4. The number of carbonyl (C=O) groups excluding carboxylic acids is 2. The minimum atomic E-state index is -0.0924. The van der Waals surface area contributed by atoms with Gasteiger partial charge in [0.25, 0.3) is 0 Å². The Hall–Kier alpha value is -3.92. The summed E-state index contributed by atoms with van der Waals surface area (Å²) in [7, 11) is 0. The number of phenolic OH excluding ortho intramolecular Hbond substituents is 2. The van der Waals surface area contributed by atoms with Crippen LogP contribution in [0.25, 0.3) is 21.5 Å². The van der Waals surface area contributed by atoms with Gasteiger partial charge in [0.1, 0.15) is 11.5 Å². The van der Waals surface area contributed by atoms with Crippen molar-refractivity contribution in [2.75, 3.05) is 0 Å². The molecule has 0 spiro atoms. The Morgan fingerprint density at radius 1 is 0.536 bits per heavy atom. The lowest BCUT2D eigenvalue weighted by atomic mass is 9.95. The number of ketones is 2. The van der Waals surface area contributed by atoms with E-state index in [2.05, 4.69) is 0 Å². The predicted molar refractivity (Wildman–Crippen MR) is 109 cm³/mol. The van der Waals surface area contributed by atoms with Gasteiger partial charge in [-0.2, -0.15) is 0 Å². The van der Waals surface area contributed by atoms with Gasteiger partial charge in [0.05, 0.1) is 0 Å². The van der Waals surface area contributed by atoms with Crippen LogP contribution in [0.5, 0.6) is 11.5 Å². The van der Waals surface area contributed by atoms with E-state index in [9.17, 15) is 19.8 Å². The van der Waals surface area contributed by atoms with Crippen molar-refractivity contribution in [2.24, 2.45) is 0 Å². The van der Waals surface area contributed by atoms with E-state index >= 15 is 0 Å². The second-order valence-corrected chi connectivity index (χ2v) is 6.46. The van der Waals surface area contributed by atoms with Crippen LogP contribution in [-0.4, -0.2) is 21.8 Å². The molecule has 28 heavy (non-hydrogen) atoms. The van der Waals surface area contributed by atoms with Crippen molar-refractivity contribution >= 4 is 33.1 Å². The van der Waals surface area contributed by atoms with Crippen molar-refractivity contribution in [3.05, 3.63) is 96.1 Å². The van der Waals surface area contributed by atoms with Crippen LogP contribution in [0.15, 0.2) is 84.9 Å². The minimum absolute atomic E-state index is 0.0924. The number of aromatic hydroxyl groups is 2. The lowest BCUT2D eigenvalue weighted by Gasteiger charge is -2.06. The number of allylic oxidation sites excluding steroid dienone is 2. The Labute approximate surface area is 161 Å². The van der Waals surface area contributed by atoms with Gasteiger partial charge in [0, 0.05) is 21.9 Å². The largest absolute Gasteiger partial charge is 0.507 e. The molecule has 0 saturated carbocycles. The molecule has 4 nitrogen and oxygen atoms in total. The molecule has 4 aromatic carbocycles. The summed E-state index contributed by atoms with van der Waals surface area (Å²) in [4.78, 5) is 22.4. The van der Waals surface area contributed by atoms with Gasteiger partial charge in [-0.3, -0.25) is 9.59 Å². The molecule has 0 heterocycles. The Morgan fingerprint density at radius 2 is 0.929 bits per heavy atom. The molecule has 0 bridgehead atoms. The Bertz CT molecular complexity index is 1170. The van der Waals surface area contributed by atoms with Crippen molar-refractivity contribution in [2.45, 2.75) is 0 Å². The van der Waals surface area contributed by atoms with Gasteiger partial charge in [-0.25, -0.2) is 0 Å². The molecule has 0 aliphatic heterocycles. The number of fused-ring (bicyclic) bond motifs is 3. The van der Waals surface area contributed by atoms with Crippen LogP contribution in [0.4, 0.5) is 0 Å². The maximum absolute atomic E-state index is 11.2. The van der Waals surface area contributed by atoms with E-state index in [0.717, 1.165) is 10.8 Å². The molecule has 5 rings (SSSR count). The van der Waals surface area contributed by atoms with Crippen LogP contribution in [0.1, 0.15) is 20.7 Å². The van der Waals surface area contributed by atoms with Crippen LogP contribution in [0.3, 0.4) is 0 Å². The minimum Gasteiger partial charge on any atom is -0.507 e. The molecule has 2 N–H and O–H groups in total. The first-order valence-electron chi connectivity index (χ1n) is 8.74. The molecule has 4 heteroatoms. The van der Waals surface area contributed by atoms with Gasteiger partial charge in [0.2, 0.25) is 0 Å². The highest BCUT2D eigenvalue weighted by atomic mass is 16.3. The molecule has 0 amide bonds. The summed E-state index contributed by atoms with van der Waals surface area (Å²) in [5, 5.41) is 23.0. The topological polar surface area (TPSA) is 74.6 Å². The first kappa shape index (κ1) is 17.5. The fraction of sp³-hybridized carbons (Fsp3) is 0. The predicted octanol–water partition coefficient (Wildman–Crippen LogP) is 5.03. The maximum atomic E-state index is 11.2. The van der Waals surface area contributed by atoms with Gasteiger partial charge >= 0.3 is 0 Å². The summed E-state index contributed by atoms with van der Waals surface area (Å²) in [6, 6.07) is 21.5. The summed E-state index contributed by atoms with van der Waals surface area (Å²) in [5.41, 5.74) is 1.01. The Balaban J connectivity index is 0.000000143. The maximum Gasteiger partial charge on any atom is 0.186 e. The molecule has 0 saturated heterocycles. The monoisotopic (exact) mass is 368 g/mol. The van der Waals surface area contributed by atoms with Crippen molar-refractivity contribution in [3.63, 3.8) is 0 Å². The molecule has 0 unspecified atom stereocenters. The van der Waals surface area contributed by atoms with Gasteiger partial charge in [-0.05, 0) is 47.2 Å². The molecule has 1 aliphatic rings. The van der Waals surface area contributed by atoms with E-state index in [1.54, 1.807) is 24.3 Å². The zero-order valence-corrected chi connectivity index (χ0v) is 14.8. The van der Waals surface area contributed by atoms with Gasteiger partial charge in [-0.1, -0.05) is 48.5 Å². The molecule has 0 fully saturated rings. The van der Waals surface area contributed by atoms with Crippen LogP contribution < -0.4 is 0 Å². The Morgan fingerprint density at radius 3 is 1.36 bits per heavy atom. The molecule has 4 aromatic rings. The normalized spacial score (nSPS) is 12.6. The van der Waals surface area contributed by atoms with Crippen LogP contribution >= 0.6 is 0 Å². The van der Waals surface area contributed by atoms with Crippen molar-refractivity contribution in [3.8, 4) is 11.5 Å². The lowest BCUT2D eigenvalue weighted by Crippen LogP contribution is -2.10. The summed E-state index contributed by atoms with van der Waals surface area (Å²) in [6.07, 6.45) is 2.62. The third-order valence-corrected chi connectivity index (χ3v) is 4.68. The van der Waals surface area contributed by atoms with E-state index in [4.69, 9.17) is 0 Å². The number of rotatable bonds is 0. The SMILES string of the molecule is O=C1C=CC(=O)c2ccccc21.Oc1ccc(O)c2cc3ccccc3cc12. The van der Waals surface area contributed by atoms with E-state index in [-0.39, 0.29) is 23.1 Å². The molecule has 0 atom stereocenters. The van der Waals surface area contributed by atoms with E-state index < -0.39 is 0 Å². The lowest BCUT2D eigenvalue weighted by molar-refractivity contribution is 0.0994. The van der Waals surface area contributed by atoms with Crippen molar-refractivity contribution < 1.29 is 19.8 Å². The summed E-state index contributed by atoms with van der Waals surface area (Å²) in [5.74, 6) is 0.201. The zero-order chi connectivity index (χ0) is 19.7.